The third-order valence-electron chi connectivity index (χ3n) is 4.87. The lowest BCUT2D eigenvalue weighted by molar-refractivity contribution is -0.153. The Morgan fingerprint density at radius 1 is 1.50 bits per heavy atom. The average Bonchev–Trinajstić information content (AvgIpc) is 3.21. The Balaban J connectivity index is 1.88. The van der Waals surface area contributed by atoms with Gasteiger partial charge in [0, 0.05) is 0 Å². The van der Waals surface area contributed by atoms with Gasteiger partial charge in [0.15, 0.2) is 5.82 Å². The lowest BCUT2D eigenvalue weighted by atomic mass is 9.92. The van der Waals surface area contributed by atoms with E-state index in [1.165, 1.54) is 16.9 Å². The van der Waals surface area contributed by atoms with Crippen LogP contribution >= 0.6 is 0 Å². The van der Waals surface area contributed by atoms with E-state index >= 15 is 0 Å². The number of carbonyl (C=O) groups excluding carboxylic acids is 1. The molecule has 11 heteroatoms. The van der Waals surface area contributed by atoms with Crippen LogP contribution in [0.2, 0.25) is 0 Å². The van der Waals surface area contributed by atoms with Gasteiger partial charge in [0.1, 0.15) is 48.9 Å². The first-order valence-corrected chi connectivity index (χ1v) is 8.69. The monoisotopic (exact) mass is 390 g/mol. The summed E-state index contributed by atoms with van der Waals surface area (Å²) in [7, 11) is 0. The van der Waals surface area contributed by atoms with Crippen LogP contribution in [0.4, 0.5) is 5.82 Å². The highest BCUT2D eigenvalue weighted by molar-refractivity contribution is 5.75. The van der Waals surface area contributed by atoms with Crippen LogP contribution in [0.5, 0.6) is 0 Å². The number of nitriles is 1. The Morgan fingerprint density at radius 2 is 2.21 bits per heavy atom. The molecule has 5 atom stereocenters. The van der Waals surface area contributed by atoms with Crippen molar-refractivity contribution in [3.63, 3.8) is 0 Å². The Morgan fingerprint density at radius 3 is 2.86 bits per heavy atom. The van der Waals surface area contributed by atoms with E-state index < -0.39 is 35.9 Å². The quantitative estimate of drug-likeness (QED) is 0.447. The number of aromatic nitrogens is 3. The maximum absolute atomic E-state index is 12.0. The number of rotatable bonds is 5. The van der Waals surface area contributed by atoms with Crippen LogP contribution in [0.1, 0.15) is 19.5 Å². The standard InChI is InChI=1S/C17H22N6O5/c1-8(2)12(19)16(26)27-5-10-13(24)14(25)17(6-18,28-10)11-4-3-9-15(20)21-7-22-23(9)11/h3-4,7-8,10,12-14,24-25H,5,19H2,1-2H3,(H2,20,21,22)/t10-,12+,13-,14-,17+/m1/s1. The van der Waals surface area contributed by atoms with Crippen LogP contribution in [0.3, 0.4) is 0 Å². The smallest absolute Gasteiger partial charge is 0.323 e. The van der Waals surface area contributed by atoms with Crippen molar-refractivity contribution < 1.29 is 24.5 Å². The van der Waals surface area contributed by atoms with Gasteiger partial charge in [0.05, 0.1) is 5.69 Å². The molecule has 1 aliphatic heterocycles. The molecular formula is C17H22N6O5. The summed E-state index contributed by atoms with van der Waals surface area (Å²) in [6.45, 7) is 3.16. The summed E-state index contributed by atoms with van der Waals surface area (Å²) in [6.07, 6.45) is -3.04. The maximum Gasteiger partial charge on any atom is 0.323 e. The number of aliphatic hydroxyl groups excluding tert-OH is 2. The van der Waals surface area contributed by atoms with Crippen LogP contribution in [-0.4, -0.2) is 61.7 Å². The molecule has 3 heterocycles. The molecule has 0 spiro atoms. The molecule has 11 nitrogen and oxygen atoms in total. The van der Waals surface area contributed by atoms with Gasteiger partial charge in [-0.05, 0) is 18.1 Å². The van der Waals surface area contributed by atoms with Crippen LogP contribution in [0, 0.1) is 17.2 Å². The summed E-state index contributed by atoms with van der Waals surface area (Å²) >= 11 is 0. The third-order valence-corrected chi connectivity index (χ3v) is 4.87. The van der Waals surface area contributed by atoms with Crippen molar-refractivity contribution in [3.8, 4) is 6.07 Å². The van der Waals surface area contributed by atoms with Crippen LogP contribution in [0.15, 0.2) is 18.5 Å². The van der Waals surface area contributed by atoms with Gasteiger partial charge in [-0.15, -0.1) is 0 Å². The summed E-state index contributed by atoms with van der Waals surface area (Å²) in [4.78, 5) is 15.8. The van der Waals surface area contributed by atoms with Gasteiger partial charge >= 0.3 is 5.97 Å². The minimum atomic E-state index is -1.94. The highest BCUT2D eigenvalue weighted by atomic mass is 16.6. The number of nitrogens with zero attached hydrogens (tertiary/aromatic N) is 4. The Labute approximate surface area is 160 Å². The first-order valence-electron chi connectivity index (χ1n) is 8.69. The molecular weight excluding hydrogens is 368 g/mol. The zero-order valence-electron chi connectivity index (χ0n) is 15.4. The molecule has 2 aromatic heterocycles. The van der Waals surface area contributed by atoms with E-state index in [0.717, 1.165) is 0 Å². The normalized spacial score (nSPS) is 28.4. The Hall–Kier alpha value is -2.78. The molecule has 28 heavy (non-hydrogen) atoms. The van der Waals surface area contributed by atoms with Gasteiger partial charge in [-0.25, -0.2) is 9.50 Å². The van der Waals surface area contributed by atoms with Gasteiger partial charge in [-0.3, -0.25) is 4.79 Å². The molecule has 2 aromatic rings. The highest BCUT2D eigenvalue weighted by Crippen LogP contribution is 2.40. The van der Waals surface area contributed by atoms with E-state index in [-0.39, 0.29) is 24.0 Å². The molecule has 0 amide bonds. The summed E-state index contributed by atoms with van der Waals surface area (Å²) < 4.78 is 12.1. The number of anilines is 1. The predicted molar refractivity (Wildman–Crippen MR) is 95.3 cm³/mol. The van der Waals surface area contributed by atoms with Gasteiger partial charge in [0.25, 0.3) is 0 Å². The number of nitrogen functional groups attached to an aromatic ring is 1. The molecule has 150 valence electrons. The van der Waals surface area contributed by atoms with Gasteiger partial charge in [0.2, 0.25) is 5.60 Å². The SMILES string of the molecule is CC(C)[C@H](N)C(=O)OC[C@H]1O[C@@](C#N)(c2ccc3c(N)ncnn23)[C@H](O)[C@@H]1O. The molecule has 0 aromatic carbocycles. The second-order valence-corrected chi connectivity index (χ2v) is 7.00. The van der Waals surface area contributed by atoms with Crippen molar-refractivity contribution in [3.05, 3.63) is 24.2 Å². The minimum absolute atomic E-state index is 0.136. The molecule has 0 unspecified atom stereocenters. The fourth-order valence-corrected chi connectivity index (χ4v) is 3.08. The summed E-state index contributed by atoms with van der Waals surface area (Å²) in [5.74, 6) is -0.623. The Bertz CT molecular complexity index is 924. The van der Waals surface area contributed by atoms with Gasteiger partial charge in [-0.1, -0.05) is 13.8 Å². The van der Waals surface area contributed by atoms with Crippen molar-refractivity contribution in [2.45, 2.75) is 43.8 Å². The van der Waals surface area contributed by atoms with Crippen LogP contribution in [0.25, 0.3) is 5.52 Å². The maximum atomic E-state index is 12.0. The fraction of sp³-hybridized carbons (Fsp3) is 0.529. The topological polar surface area (TPSA) is 182 Å². The summed E-state index contributed by atoms with van der Waals surface area (Å²) in [6, 6.07) is 4.15. The molecule has 1 saturated heterocycles. The number of esters is 1. The molecule has 3 rings (SSSR count). The van der Waals surface area contributed by atoms with Crippen molar-refractivity contribution in [2.24, 2.45) is 11.7 Å². The second-order valence-electron chi connectivity index (χ2n) is 7.00. The molecule has 0 bridgehead atoms. The molecule has 0 aliphatic carbocycles. The van der Waals surface area contributed by atoms with Crippen molar-refractivity contribution in [1.82, 2.24) is 14.6 Å². The molecule has 1 aliphatic rings. The van der Waals surface area contributed by atoms with Crippen molar-refractivity contribution in [1.29, 1.82) is 5.26 Å². The largest absolute Gasteiger partial charge is 0.462 e. The van der Waals surface area contributed by atoms with Crippen molar-refractivity contribution in [2.75, 3.05) is 12.3 Å². The average molecular weight is 390 g/mol. The number of carbonyl (C=O) groups is 1. The molecule has 6 N–H and O–H groups in total. The predicted octanol–water partition coefficient (Wildman–Crippen LogP) is -1.32. The Kier molecular flexibility index (Phi) is 5.22. The molecule has 1 fully saturated rings. The van der Waals surface area contributed by atoms with E-state index in [4.69, 9.17) is 20.9 Å². The third kappa shape index (κ3) is 3.06. The minimum Gasteiger partial charge on any atom is -0.462 e. The van der Waals surface area contributed by atoms with Crippen LogP contribution in [-0.2, 0) is 19.9 Å². The zero-order chi connectivity index (χ0) is 20.6. The first-order chi connectivity index (χ1) is 13.2. The first kappa shape index (κ1) is 20.0. The zero-order valence-corrected chi connectivity index (χ0v) is 15.4. The van der Waals surface area contributed by atoms with E-state index in [2.05, 4.69) is 10.1 Å². The van der Waals surface area contributed by atoms with Crippen LogP contribution < -0.4 is 11.5 Å². The highest BCUT2D eigenvalue weighted by Gasteiger charge is 2.57. The van der Waals surface area contributed by atoms with Crippen molar-refractivity contribution >= 4 is 17.3 Å². The second kappa shape index (κ2) is 7.33. The van der Waals surface area contributed by atoms with Gasteiger partial charge < -0.3 is 31.2 Å². The lowest BCUT2D eigenvalue weighted by Gasteiger charge is -2.24. The summed E-state index contributed by atoms with van der Waals surface area (Å²) in [5, 5.41) is 34.8. The summed E-state index contributed by atoms with van der Waals surface area (Å²) in [5.41, 5.74) is 10.2. The number of nitrogens with two attached hydrogens (primary N) is 2. The van der Waals surface area contributed by atoms with E-state index in [9.17, 15) is 20.3 Å². The molecule has 0 saturated carbocycles. The fourth-order valence-electron chi connectivity index (χ4n) is 3.08. The number of hydrogen-bond donors (Lipinski definition) is 4. The van der Waals surface area contributed by atoms with E-state index in [1.54, 1.807) is 19.9 Å². The lowest BCUT2D eigenvalue weighted by Crippen LogP contribution is -2.41. The number of ether oxygens (including phenoxy) is 2. The van der Waals surface area contributed by atoms with E-state index in [0.29, 0.717) is 5.52 Å². The molecule has 0 radical (unpaired) electrons. The number of aliphatic hydroxyl groups is 2. The van der Waals surface area contributed by atoms with E-state index in [1.807, 2.05) is 6.07 Å². The van der Waals surface area contributed by atoms with Gasteiger partial charge in [-0.2, -0.15) is 10.4 Å². The number of hydrogen-bond acceptors (Lipinski definition) is 10. The number of fused-ring (bicyclic) bond motifs is 1.